The maximum absolute atomic E-state index is 12.1. The van der Waals surface area contributed by atoms with Crippen LogP contribution in [0.5, 0.6) is 5.75 Å². The van der Waals surface area contributed by atoms with Crippen molar-refractivity contribution in [3.8, 4) is 17.1 Å². The second-order valence-electron chi connectivity index (χ2n) is 6.16. The van der Waals surface area contributed by atoms with Crippen molar-refractivity contribution in [3.63, 3.8) is 0 Å². The maximum atomic E-state index is 12.1. The molecule has 1 atom stereocenters. The van der Waals surface area contributed by atoms with Crippen molar-refractivity contribution in [3.05, 3.63) is 36.9 Å². The van der Waals surface area contributed by atoms with E-state index in [0.29, 0.717) is 18.2 Å². The van der Waals surface area contributed by atoms with Crippen molar-refractivity contribution in [2.24, 2.45) is 0 Å². The van der Waals surface area contributed by atoms with E-state index in [-0.39, 0.29) is 17.8 Å². The zero-order valence-corrected chi connectivity index (χ0v) is 16.2. The van der Waals surface area contributed by atoms with Crippen LogP contribution in [-0.4, -0.2) is 52.8 Å². The topological polar surface area (TPSA) is 78.3 Å². The van der Waals surface area contributed by atoms with Crippen LogP contribution >= 0.6 is 11.8 Å². The van der Waals surface area contributed by atoms with Gasteiger partial charge in [0.2, 0.25) is 5.91 Å². The fraction of sp³-hybridized carbons (Fsp3) is 0.421. The number of nitrogens with one attached hydrogen (secondary N) is 1. The normalized spacial score (nSPS) is 16.3. The molecule has 0 aliphatic carbocycles. The van der Waals surface area contributed by atoms with Crippen LogP contribution in [0.4, 0.5) is 0 Å². The van der Waals surface area contributed by atoms with Crippen molar-refractivity contribution in [2.75, 3.05) is 26.0 Å². The Labute approximate surface area is 163 Å². The summed E-state index contributed by atoms with van der Waals surface area (Å²) >= 11 is 1.36. The van der Waals surface area contributed by atoms with Crippen molar-refractivity contribution >= 4 is 17.7 Å². The van der Waals surface area contributed by atoms with E-state index < -0.39 is 0 Å². The summed E-state index contributed by atoms with van der Waals surface area (Å²) in [4.78, 5) is 12.1. The molecule has 1 aromatic carbocycles. The molecule has 144 valence electrons. The molecule has 1 aliphatic heterocycles. The van der Waals surface area contributed by atoms with E-state index in [9.17, 15) is 4.79 Å². The fourth-order valence-corrected chi connectivity index (χ4v) is 3.63. The molecule has 2 heterocycles. The molecule has 0 saturated carbocycles. The Bertz CT molecular complexity index is 770. The van der Waals surface area contributed by atoms with E-state index in [1.165, 1.54) is 11.8 Å². The predicted molar refractivity (Wildman–Crippen MR) is 105 cm³/mol. The molecule has 2 aromatic rings. The highest BCUT2D eigenvalue weighted by molar-refractivity contribution is 7.99. The molecule has 0 unspecified atom stereocenters. The molecule has 0 spiro atoms. The van der Waals surface area contributed by atoms with Gasteiger partial charge in [-0.1, -0.05) is 17.8 Å². The number of amides is 1. The van der Waals surface area contributed by atoms with Crippen LogP contribution in [0.3, 0.4) is 0 Å². The number of ether oxygens (including phenoxy) is 2. The van der Waals surface area contributed by atoms with Gasteiger partial charge in [0.15, 0.2) is 11.0 Å². The van der Waals surface area contributed by atoms with Gasteiger partial charge in [-0.25, -0.2) is 0 Å². The second-order valence-corrected chi connectivity index (χ2v) is 7.10. The average Bonchev–Trinajstić information content (AvgIpc) is 3.35. The quantitative estimate of drug-likeness (QED) is 0.525. The first-order valence-electron chi connectivity index (χ1n) is 8.91. The third-order valence-electron chi connectivity index (χ3n) is 4.26. The van der Waals surface area contributed by atoms with Gasteiger partial charge in [-0.3, -0.25) is 9.36 Å². The highest BCUT2D eigenvalue weighted by Crippen LogP contribution is 2.25. The second kappa shape index (κ2) is 9.57. The minimum absolute atomic E-state index is 0.0327. The molecule has 1 N–H and O–H groups in total. The van der Waals surface area contributed by atoms with E-state index >= 15 is 0 Å². The Morgan fingerprint density at radius 2 is 2.26 bits per heavy atom. The fourth-order valence-electron chi connectivity index (χ4n) is 2.86. The summed E-state index contributed by atoms with van der Waals surface area (Å²) in [6.45, 7) is 5.72. The molecule has 1 fully saturated rings. The van der Waals surface area contributed by atoms with Gasteiger partial charge in [-0.15, -0.1) is 16.8 Å². The summed E-state index contributed by atoms with van der Waals surface area (Å²) in [5, 5.41) is 12.2. The van der Waals surface area contributed by atoms with Crippen molar-refractivity contribution in [1.82, 2.24) is 20.1 Å². The van der Waals surface area contributed by atoms with E-state index in [0.717, 1.165) is 36.6 Å². The van der Waals surface area contributed by atoms with Crippen LogP contribution in [0.2, 0.25) is 0 Å². The Morgan fingerprint density at radius 3 is 2.93 bits per heavy atom. The highest BCUT2D eigenvalue weighted by Gasteiger charge is 2.18. The summed E-state index contributed by atoms with van der Waals surface area (Å²) in [6.07, 6.45) is 4.00. The van der Waals surface area contributed by atoms with Gasteiger partial charge in [0.1, 0.15) is 5.75 Å². The SMILES string of the molecule is C=CCn1c(SCC(=O)NC[C@@H]2CCCO2)nnc1-c1ccc(OC)cc1. The van der Waals surface area contributed by atoms with Gasteiger partial charge in [-0.2, -0.15) is 0 Å². The lowest BCUT2D eigenvalue weighted by molar-refractivity contribution is -0.119. The highest BCUT2D eigenvalue weighted by atomic mass is 32.2. The van der Waals surface area contributed by atoms with Crippen molar-refractivity contribution < 1.29 is 14.3 Å². The summed E-state index contributed by atoms with van der Waals surface area (Å²) in [5.41, 5.74) is 0.930. The Kier molecular flexibility index (Phi) is 6.89. The number of methoxy groups -OCH3 is 1. The number of allylic oxidation sites excluding steroid dienone is 1. The molecular weight excluding hydrogens is 364 g/mol. The minimum Gasteiger partial charge on any atom is -0.497 e. The van der Waals surface area contributed by atoms with E-state index in [1.54, 1.807) is 13.2 Å². The zero-order valence-electron chi connectivity index (χ0n) is 15.4. The van der Waals surface area contributed by atoms with Gasteiger partial charge in [-0.05, 0) is 37.1 Å². The molecule has 0 radical (unpaired) electrons. The number of hydrogen-bond acceptors (Lipinski definition) is 6. The van der Waals surface area contributed by atoms with Gasteiger partial charge < -0.3 is 14.8 Å². The lowest BCUT2D eigenvalue weighted by Gasteiger charge is -2.11. The summed E-state index contributed by atoms with van der Waals surface area (Å²) in [7, 11) is 1.63. The number of nitrogens with zero attached hydrogens (tertiary/aromatic N) is 3. The van der Waals surface area contributed by atoms with Gasteiger partial charge >= 0.3 is 0 Å². The van der Waals surface area contributed by atoms with Gasteiger partial charge in [0.05, 0.1) is 19.0 Å². The lowest BCUT2D eigenvalue weighted by atomic mass is 10.2. The largest absolute Gasteiger partial charge is 0.497 e. The number of carbonyl (C=O) groups excluding carboxylic acids is 1. The third kappa shape index (κ3) is 5.11. The molecule has 27 heavy (non-hydrogen) atoms. The molecule has 7 nitrogen and oxygen atoms in total. The van der Waals surface area contributed by atoms with Crippen LogP contribution in [-0.2, 0) is 16.1 Å². The van der Waals surface area contributed by atoms with Crippen molar-refractivity contribution in [2.45, 2.75) is 30.6 Å². The molecule has 0 bridgehead atoms. The van der Waals surface area contributed by atoms with Crippen LogP contribution in [0.25, 0.3) is 11.4 Å². The van der Waals surface area contributed by atoms with E-state index in [2.05, 4.69) is 22.1 Å². The lowest BCUT2D eigenvalue weighted by Crippen LogP contribution is -2.32. The molecular formula is C19H24N4O3S. The number of aromatic nitrogens is 3. The summed E-state index contributed by atoms with van der Waals surface area (Å²) < 4.78 is 12.7. The molecule has 1 aliphatic rings. The van der Waals surface area contributed by atoms with Gasteiger partial charge in [0, 0.05) is 25.3 Å². The number of thioether (sulfide) groups is 1. The Balaban J connectivity index is 1.63. The van der Waals surface area contributed by atoms with Gasteiger partial charge in [0.25, 0.3) is 0 Å². The third-order valence-corrected chi connectivity index (χ3v) is 5.23. The first-order chi connectivity index (χ1) is 13.2. The Hall–Kier alpha value is -2.32. The number of carbonyl (C=O) groups is 1. The number of benzene rings is 1. The monoisotopic (exact) mass is 388 g/mol. The molecule has 3 rings (SSSR count). The van der Waals surface area contributed by atoms with Crippen LogP contribution < -0.4 is 10.1 Å². The maximum Gasteiger partial charge on any atom is 0.230 e. The number of rotatable bonds is 9. The van der Waals surface area contributed by atoms with Crippen LogP contribution in [0.15, 0.2) is 42.1 Å². The Morgan fingerprint density at radius 1 is 1.44 bits per heavy atom. The first kappa shape index (κ1) is 19.4. The molecule has 1 aromatic heterocycles. The minimum atomic E-state index is -0.0327. The zero-order chi connectivity index (χ0) is 19.1. The van der Waals surface area contributed by atoms with Crippen LogP contribution in [0.1, 0.15) is 12.8 Å². The van der Waals surface area contributed by atoms with Crippen molar-refractivity contribution in [1.29, 1.82) is 0 Å². The predicted octanol–water partition coefficient (Wildman–Crippen LogP) is 2.53. The summed E-state index contributed by atoms with van der Waals surface area (Å²) in [6, 6.07) is 7.64. The molecule has 1 saturated heterocycles. The summed E-state index contributed by atoms with van der Waals surface area (Å²) in [5.74, 6) is 1.77. The standard InChI is InChI=1S/C19H24N4O3S/c1-3-10-23-18(14-6-8-15(25-2)9-7-14)21-22-19(23)27-13-17(24)20-12-16-5-4-11-26-16/h3,6-9,16H,1,4-5,10-13H2,2H3,(H,20,24)/t16-/m0/s1. The average molecular weight is 388 g/mol. The smallest absolute Gasteiger partial charge is 0.230 e. The molecule has 8 heteroatoms. The molecule has 1 amide bonds. The van der Waals surface area contributed by atoms with Crippen LogP contribution in [0, 0.1) is 0 Å². The van der Waals surface area contributed by atoms with E-state index in [1.807, 2.05) is 28.8 Å². The van der Waals surface area contributed by atoms with E-state index in [4.69, 9.17) is 9.47 Å². The number of hydrogen-bond donors (Lipinski definition) is 1. The first-order valence-corrected chi connectivity index (χ1v) is 9.89.